The van der Waals surface area contributed by atoms with Crippen molar-refractivity contribution in [2.45, 2.75) is 19.3 Å². The van der Waals surface area contributed by atoms with Crippen LogP contribution in [0, 0.1) is 6.92 Å². The minimum atomic E-state index is 0.365. The summed E-state index contributed by atoms with van der Waals surface area (Å²) in [6, 6.07) is 60.3. The first kappa shape index (κ1) is 29.5. The first-order valence-corrected chi connectivity index (χ1v) is 17.9. The third-order valence-electron chi connectivity index (χ3n) is 10.8. The lowest BCUT2D eigenvalue weighted by Gasteiger charge is -2.24. The summed E-state index contributed by atoms with van der Waals surface area (Å²) >= 11 is 0. The van der Waals surface area contributed by atoms with E-state index in [1.807, 2.05) is 0 Å². The van der Waals surface area contributed by atoms with Crippen LogP contribution in [0.3, 0.4) is 0 Å². The summed E-state index contributed by atoms with van der Waals surface area (Å²) in [5.41, 5.74) is 17.5. The van der Waals surface area contributed by atoms with Gasteiger partial charge in [-0.05, 0) is 119 Å². The third-order valence-corrected chi connectivity index (χ3v) is 10.8. The zero-order chi connectivity index (χ0) is 33.9. The van der Waals surface area contributed by atoms with Crippen LogP contribution in [0.5, 0.6) is 0 Å². The summed E-state index contributed by atoms with van der Waals surface area (Å²) in [6.07, 6.45) is 7.82. The van der Waals surface area contributed by atoms with Gasteiger partial charge in [-0.15, -0.1) is 0 Å². The van der Waals surface area contributed by atoms with Crippen LogP contribution in [0.4, 0.5) is 11.4 Å². The van der Waals surface area contributed by atoms with Crippen molar-refractivity contribution in [1.29, 1.82) is 0 Å². The first-order chi connectivity index (χ1) is 25.2. The van der Waals surface area contributed by atoms with E-state index in [1.165, 1.54) is 83.4 Å². The molecule has 7 aromatic carbocycles. The third kappa shape index (κ3) is 4.94. The zero-order valence-corrected chi connectivity index (χ0v) is 28.5. The summed E-state index contributed by atoms with van der Waals surface area (Å²) in [5, 5.41) is 2.54. The summed E-state index contributed by atoms with van der Waals surface area (Å²) in [5.74, 6) is 0.365. The van der Waals surface area contributed by atoms with Gasteiger partial charge in [-0.3, -0.25) is 0 Å². The molecule has 1 aliphatic heterocycles. The zero-order valence-electron chi connectivity index (χ0n) is 28.5. The summed E-state index contributed by atoms with van der Waals surface area (Å²) in [4.78, 5) is 2.44. The molecule has 1 aliphatic carbocycles. The second-order valence-electron chi connectivity index (χ2n) is 13.8. The average molecular weight is 653 g/mol. The van der Waals surface area contributed by atoms with E-state index in [2.05, 4.69) is 198 Å². The quantitative estimate of drug-likeness (QED) is 0.180. The fourth-order valence-corrected chi connectivity index (χ4v) is 8.21. The van der Waals surface area contributed by atoms with Crippen LogP contribution in [-0.4, -0.2) is 4.57 Å². The molecule has 0 radical (unpaired) electrons. The van der Waals surface area contributed by atoms with Gasteiger partial charge >= 0.3 is 0 Å². The Labute approximate surface area is 298 Å². The van der Waals surface area contributed by atoms with Gasteiger partial charge in [0.25, 0.3) is 0 Å². The standard InChI is InChI=1S/C49H36N2/c1-33-18-20-34(21-19-33)36-10-9-11-37(30-36)35-22-26-41(27-23-35)51-47-17-8-6-15-43(47)45-32-39(25-29-49(45)51)38-24-28-48-44(31-38)42-14-5-7-16-46(42)50(48)40-12-3-2-4-13-40/h2-13,15-32,42H,14H2,1H3. The van der Waals surface area contributed by atoms with Crippen LogP contribution < -0.4 is 4.90 Å². The smallest absolute Gasteiger partial charge is 0.0541 e. The minimum absolute atomic E-state index is 0.365. The van der Waals surface area contributed by atoms with E-state index in [4.69, 9.17) is 0 Å². The van der Waals surface area contributed by atoms with Crippen LogP contribution in [0.2, 0.25) is 0 Å². The Bertz CT molecular complexity index is 2660. The number of hydrogen-bond acceptors (Lipinski definition) is 1. The van der Waals surface area contributed by atoms with E-state index in [0.29, 0.717) is 5.92 Å². The maximum Gasteiger partial charge on any atom is 0.0541 e. The number of anilines is 2. The molecule has 0 fully saturated rings. The van der Waals surface area contributed by atoms with Crippen molar-refractivity contribution >= 4 is 33.2 Å². The van der Waals surface area contributed by atoms with E-state index in [1.54, 1.807) is 0 Å². The molecular formula is C49H36N2. The largest absolute Gasteiger partial charge is 0.313 e. The first-order valence-electron chi connectivity index (χ1n) is 17.9. The van der Waals surface area contributed by atoms with Crippen LogP contribution >= 0.6 is 0 Å². The lowest BCUT2D eigenvalue weighted by Crippen LogP contribution is -2.14. The predicted octanol–water partition coefficient (Wildman–Crippen LogP) is 13.2. The van der Waals surface area contributed by atoms with E-state index in [9.17, 15) is 0 Å². The number of allylic oxidation sites excluding steroid dienone is 4. The van der Waals surface area contributed by atoms with Gasteiger partial charge in [-0.25, -0.2) is 0 Å². The van der Waals surface area contributed by atoms with E-state index >= 15 is 0 Å². The number of nitrogens with zero attached hydrogens (tertiary/aromatic N) is 2. The summed E-state index contributed by atoms with van der Waals surface area (Å²) < 4.78 is 2.41. The summed E-state index contributed by atoms with van der Waals surface area (Å²) in [6.45, 7) is 2.13. The molecule has 10 rings (SSSR count). The fraction of sp³-hybridized carbons (Fsp3) is 0.0612. The van der Waals surface area contributed by atoms with Crippen LogP contribution in [0.1, 0.15) is 23.5 Å². The monoisotopic (exact) mass is 652 g/mol. The normalized spacial score (nSPS) is 14.9. The van der Waals surface area contributed by atoms with Gasteiger partial charge in [0.1, 0.15) is 0 Å². The van der Waals surface area contributed by atoms with Crippen molar-refractivity contribution < 1.29 is 0 Å². The number of aromatic nitrogens is 1. The lowest BCUT2D eigenvalue weighted by atomic mass is 9.90. The summed E-state index contributed by atoms with van der Waals surface area (Å²) in [7, 11) is 0. The second kappa shape index (κ2) is 11.9. The number of benzene rings is 7. The molecule has 2 heteroatoms. The molecule has 2 heterocycles. The topological polar surface area (TPSA) is 8.17 Å². The highest BCUT2D eigenvalue weighted by Crippen LogP contribution is 2.51. The second-order valence-corrected chi connectivity index (χ2v) is 13.8. The van der Waals surface area contributed by atoms with Crippen molar-refractivity contribution in [2.24, 2.45) is 0 Å². The van der Waals surface area contributed by atoms with Gasteiger partial charge in [0.05, 0.1) is 11.0 Å². The van der Waals surface area contributed by atoms with Gasteiger partial charge in [0.2, 0.25) is 0 Å². The van der Waals surface area contributed by atoms with Crippen molar-refractivity contribution in [3.05, 3.63) is 199 Å². The molecule has 1 atom stereocenters. The van der Waals surface area contributed by atoms with Gasteiger partial charge in [-0.2, -0.15) is 0 Å². The molecule has 0 bridgehead atoms. The molecule has 2 nitrogen and oxygen atoms in total. The molecule has 1 unspecified atom stereocenters. The van der Waals surface area contributed by atoms with Gasteiger partial charge in [0, 0.05) is 39.4 Å². The molecule has 8 aromatic rings. The molecule has 0 spiro atoms. The number of rotatable bonds is 5. The van der Waals surface area contributed by atoms with Crippen molar-refractivity contribution in [1.82, 2.24) is 4.57 Å². The SMILES string of the molecule is Cc1ccc(-c2cccc(-c3ccc(-n4c5ccccc5c5cc(-c6ccc7c(c6)C6CC=CC=C6N7c6ccccc6)ccc54)cc3)c2)cc1. The Morgan fingerprint density at radius 2 is 1.14 bits per heavy atom. The van der Waals surface area contributed by atoms with E-state index in [-0.39, 0.29) is 0 Å². The molecule has 0 saturated carbocycles. The van der Waals surface area contributed by atoms with Crippen molar-refractivity contribution in [3.63, 3.8) is 0 Å². The van der Waals surface area contributed by atoms with E-state index in [0.717, 1.165) is 12.1 Å². The Morgan fingerprint density at radius 1 is 0.490 bits per heavy atom. The highest BCUT2D eigenvalue weighted by molar-refractivity contribution is 6.10. The predicted molar refractivity (Wildman–Crippen MR) is 215 cm³/mol. The highest BCUT2D eigenvalue weighted by atomic mass is 15.2. The molecule has 51 heavy (non-hydrogen) atoms. The van der Waals surface area contributed by atoms with Gasteiger partial charge in [-0.1, -0.05) is 121 Å². The Kier molecular flexibility index (Phi) is 6.89. The van der Waals surface area contributed by atoms with E-state index < -0.39 is 0 Å². The molecule has 0 N–H and O–H groups in total. The average Bonchev–Trinajstić information content (AvgIpc) is 3.71. The minimum Gasteiger partial charge on any atom is -0.313 e. The molecule has 0 saturated heterocycles. The molecule has 2 aliphatic rings. The fourth-order valence-electron chi connectivity index (χ4n) is 8.21. The molecule has 242 valence electrons. The van der Waals surface area contributed by atoms with Crippen molar-refractivity contribution in [3.8, 4) is 39.1 Å². The highest BCUT2D eigenvalue weighted by Gasteiger charge is 2.35. The number of aryl methyl sites for hydroxylation is 1. The number of para-hydroxylation sites is 2. The number of hydrogen-bond donors (Lipinski definition) is 0. The maximum absolute atomic E-state index is 2.44. The van der Waals surface area contributed by atoms with Crippen molar-refractivity contribution in [2.75, 3.05) is 4.90 Å². The lowest BCUT2D eigenvalue weighted by molar-refractivity contribution is 0.820. The molecular weight excluding hydrogens is 617 g/mol. The number of fused-ring (bicyclic) bond motifs is 6. The van der Waals surface area contributed by atoms with Gasteiger partial charge < -0.3 is 9.47 Å². The maximum atomic E-state index is 2.44. The van der Waals surface area contributed by atoms with Gasteiger partial charge in [0.15, 0.2) is 0 Å². The Balaban J connectivity index is 1.03. The van der Waals surface area contributed by atoms with Crippen LogP contribution in [0.15, 0.2) is 188 Å². The van der Waals surface area contributed by atoms with Crippen LogP contribution in [-0.2, 0) is 0 Å². The Hall–Kier alpha value is -6.38. The van der Waals surface area contributed by atoms with Crippen LogP contribution in [0.25, 0.3) is 60.9 Å². The Morgan fingerprint density at radius 3 is 1.94 bits per heavy atom. The molecule has 0 amide bonds. The molecule has 1 aromatic heterocycles.